The highest BCUT2D eigenvalue weighted by molar-refractivity contribution is 7.85. The molecule has 2 N–H and O–H groups in total. The van der Waals surface area contributed by atoms with Gasteiger partial charge in [-0.05, 0) is 13.0 Å². The molecule has 12 nitrogen and oxygen atoms in total. The van der Waals surface area contributed by atoms with Gasteiger partial charge in [-0.2, -0.15) is 8.42 Å². The Morgan fingerprint density at radius 3 is 2.48 bits per heavy atom. The van der Waals surface area contributed by atoms with E-state index >= 15 is 0 Å². The molecule has 0 saturated heterocycles. The van der Waals surface area contributed by atoms with Gasteiger partial charge in [-0.15, -0.1) is 15.3 Å². The van der Waals surface area contributed by atoms with Crippen LogP contribution in [0.1, 0.15) is 5.69 Å². The number of rotatable bonds is 6. The van der Waals surface area contributed by atoms with E-state index in [0.29, 0.717) is 11.8 Å². The van der Waals surface area contributed by atoms with Crippen LogP contribution in [0.3, 0.4) is 0 Å². The molecule has 134 valence electrons. The summed E-state index contributed by atoms with van der Waals surface area (Å²) in [5, 5.41) is 25.2. The van der Waals surface area contributed by atoms with Crippen molar-refractivity contribution in [3.63, 3.8) is 0 Å². The summed E-state index contributed by atoms with van der Waals surface area (Å²) in [5.74, 6) is -0.193. The van der Waals surface area contributed by atoms with Gasteiger partial charge in [0.1, 0.15) is 10.6 Å². The molecule has 0 aliphatic heterocycles. The molecule has 0 radical (unpaired) electrons. The Kier molecular flexibility index (Phi) is 4.99. The molecule has 25 heavy (non-hydrogen) atoms. The molecule has 0 atom stereocenters. The first-order valence-electron chi connectivity index (χ1n) is 6.53. The Balaban J connectivity index is 2.66. The maximum Gasteiger partial charge on any atom is 0.314 e. The number of benzene rings is 1. The minimum Gasteiger partial charge on any atom is -0.489 e. The second kappa shape index (κ2) is 6.82. The van der Waals surface area contributed by atoms with Gasteiger partial charge in [0.2, 0.25) is 5.75 Å². The van der Waals surface area contributed by atoms with Crippen LogP contribution in [-0.2, 0) is 10.1 Å². The predicted molar refractivity (Wildman–Crippen MR) is 83.5 cm³/mol. The Bertz CT molecular complexity index is 951. The van der Waals surface area contributed by atoms with Crippen molar-refractivity contribution in [1.29, 1.82) is 0 Å². The average molecular weight is 371 g/mol. The minimum atomic E-state index is -4.70. The fraction of sp³-hybridized carbons (Fsp3) is 0.250. The van der Waals surface area contributed by atoms with E-state index in [1.54, 1.807) is 6.92 Å². The van der Waals surface area contributed by atoms with Gasteiger partial charge in [0, 0.05) is 6.07 Å². The zero-order valence-corrected chi connectivity index (χ0v) is 14.1. The second-order valence-corrected chi connectivity index (χ2v) is 6.05. The smallest absolute Gasteiger partial charge is 0.314 e. The fourth-order valence-electron chi connectivity index (χ4n) is 1.91. The molecular formula is C12H13N5O7S. The zero-order valence-electron chi connectivity index (χ0n) is 13.2. The van der Waals surface area contributed by atoms with E-state index in [9.17, 15) is 18.5 Å². The van der Waals surface area contributed by atoms with Crippen LogP contribution in [0.4, 0.5) is 17.1 Å². The summed E-state index contributed by atoms with van der Waals surface area (Å²) in [6, 6.07) is 1.56. The number of methoxy groups -OCH3 is 2. The molecule has 1 heterocycles. The van der Waals surface area contributed by atoms with Crippen LogP contribution < -0.4 is 9.47 Å². The molecule has 0 aliphatic carbocycles. The quantitative estimate of drug-likeness (QED) is 0.337. The Morgan fingerprint density at radius 1 is 1.28 bits per heavy atom. The average Bonchev–Trinajstić information content (AvgIpc) is 2.90. The van der Waals surface area contributed by atoms with Crippen molar-refractivity contribution in [2.75, 3.05) is 14.2 Å². The molecule has 0 unspecified atom stereocenters. The highest BCUT2D eigenvalue weighted by Crippen LogP contribution is 2.41. The number of nitro groups is 1. The lowest BCUT2D eigenvalue weighted by Crippen LogP contribution is -2.01. The van der Waals surface area contributed by atoms with Gasteiger partial charge in [-0.25, -0.2) is 0 Å². The van der Waals surface area contributed by atoms with Gasteiger partial charge < -0.3 is 9.47 Å². The van der Waals surface area contributed by atoms with Crippen LogP contribution in [0.2, 0.25) is 0 Å². The molecule has 0 amide bonds. The van der Waals surface area contributed by atoms with Crippen LogP contribution in [0.5, 0.6) is 11.6 Å². The SMILES string of the molecule is COc1n[nH]c(C)c1N=Nc1cc(S(=O)(=O)O)cc([N+](=O)[O-])c1OC. The zero-order chi connectivity index (χ0) is 18.8. The number of aryl methyl sites for hydroxylation is 1. The van der Waals surface area contributed by atoms with Crippen molar-refractivity contribution in [2.24, 2.45) is 10.2 Å². The van der Waals surface area contributed by atoms with E-state index in [0.717, 1.165) is 13.2 Å². The first-order valence-corrected chi connectivity index (χ1v) is 7.97. The number of H-pyrrole nitrogens is 1. The van der Waals surface area contributed by atoms with E-state index in [1.165, 1.54) is 7.11 Å². The first kappa shape index (κ1) is 18.3. The van der Waals surface area contributed by atoms with Crippen LogP contribution in [-0.4, -0.2) is 42.3 Å². The van der Waals surface area contributed by atoms with Gasteiger partial charge in [-0.1, -0.05) is 0 Å². The number of hydrogen-bond donors (Lipinski definition) is 2. The molecule has 0 saturated carbocycles. The number of aromatic amines is 1. The topological polar surface area (TPSA) is 169 Å². The highest BCUT2D eigenvalue weighted by Gasteiger charge is 2.25. The number of hydrogen-bond acceptors (Lipinski definition) is 9. The van der Waals surface area contributed by atoms with Gasteiger partial charge in [0.25, 0.3) is 16.0 Å². The Labute approximate surface area is 141 Å². The third-order valence-electron chi connectivity index (χ3n) is 3.06. The molecule has 0 spiro atoms. The molecule has 2 aromatic rings. The van der Waals surface area contributed by atoms with Crippen molar-refractivity contribution in [3.05, 3.63) is 27.9 Å². The summed E-state index contributed by atoms with van der Waals surface area (Å²) in [4.78, 5) is 9.56. The van der Waals surface area contributed by atoms with Crippen molar-refractivity contribution < 1.29 is 27.4 Å². The summed E-state index contributed by atoms with van der Waals surface area (Å²) >= 11 is 0. The molecule has 0 aliphatic rings. The number of azo groups is 1. The summed E-state index contributed by atoms with van der Waals surface area (Å²) < 4.78 is 41.7. The standard InChI is InChI=1S/C12H13N5O7S/c1-6-10(12(24-3)16-13-6)15-14-8-4-7(25(20,21)22)5-9(17(18)19)11(8)23-2/h4-5H,1-3H3,(H,13,16)(H,20,21,22). The number of ether oxygens (including phenoxy) is 2. The maximum atomic E-state index is 11.3. The lowest BCUT2D eigenvalue weighted by atomic mass is 10.2. The number of aromatic nitrogens is 2. The van der Waals surface area contributed by atoms with E-state index in [-0.39, 0.29) is 23.0 Å². The molecule has 1 aromatic carbocycles. The van der Waals surface area contributed by atoms with Crippen LogP contribution in [0, 0.1) is 17.0 Å². The normalized spacial score (nSPS) is 11.7. The predicted octanol–water partition coefficient (Wildman–Crippen LogP) is 2.31. The number of nitrogens with one attached hydrogen (secondary N) is 1. The summed E-state index contributed by atoms with van der Waals surface area (Å²) in [6.07, 6.45) is 0. The lowest BCUT2D eigenvalue weighted by Gasteiger charge is -2.06. The molecule has 0 fully saturated rings. The second-order valence-electron chi connectivity index (χ2n) is 4.63. The van der Waals surface area contributed by atoms with Crippen LogP contribution in [0.25, 0.3) is 0 Å². The number of nitro benzene ring substituents is 1. The lowest BCUT2D eigenvalue weighted by molar-refractivity contribution is -0.385. The minimum absolute atomic E-state index is 0.126. The summed E-state index contributed by atoms with van der Waals surface area (Å²) in [6.45, 7) is 1.64. The fourth-order valence-corrected chi connectivity index (χ4v) is 2.43. The van der Waals surface area contributed by atoms with Crippen molar-refractivity contribution in [2.45, 2.75) is 11.8 Å². The molecular weight excluding hydrogens is 358 g/mol. The highest BCUT2D eigenvalue weighted by atomic mass is 32.2. The van der Waals surface area contributed by atoms with Gasteiger partial charge in [-0.3, -0.25) is 19.8 Å². The van der Waals surface area contributed by atoms with Gasteiger partial charge in [0.15, 0.2) is 5.69 Å². The van der Waals surface area contributed by atoms with E-state index < -0.39 is 25.6 Å². The monoisotopic (exact) mass is 371 g/mol. The van der Waals surface area contributed by atoms with Crippen molar-refractivity contribution in [3.8, 4) is 11.6 Å². The van der Waals surface area contributed by atoms with E-state index in [1.807, 2.05) is 0 Å². The third kappa shape index (κ3) is 3.72. The number of nitrogens with zero attached hydrogens (tertiary/aromatic N) is 4. The van der Waals surface area contributed by atoms with Crippen molar-refractivity contribution in [1.82, 2.24) is 10.2 Å². The third-order valence-corrected chi connectivity index (χ3v) is 3.89. The van der Waals surface area contributed by atoms with E-state index in [2.05, 4.69) is 20.4 Å². The summed E-state index contributed by atoms with van der Waals surface area (Å²) in [7, 11) is -2.19. The largest absolute Gasteiger partial charge is 0.489 e. The van der Waals surface area contributed by atoms with Crippen molar-refractivity contribution >= 4 is 27.2 Å². The van der Waals surface area contributed by atoms with Crippen LogP contribution in [0.15, 0.2) is 27.3 Å². The molecule has 2 rings (SSSR count). The Morgan fingerprint density at radius 2 is 1.96 bits per heavy atom. The summed E-state index contributed by atoms with van der Waals surface area (Å²) in [5.41, 5.74) is -0.251. The van der Waals surface area contributed by atoms with Gasteiger partial charge >= 0.3 is 5.69 Å². The first-order chi connectivity index (χ1) is 11.7. The Hall–Kier alpha value is -3.06. The molecule has 13 heteroatoms. The molecule has 0 bridgehead atoms. The molecule has 1 aromatic heterocycles. The van der Waals surface area contributed by atoms with E-state index in [4.69, 9.17) is 14.0 Å². The maximum absolute atomic E-state index is 11.3. The van der Waals surface area contributed by atoms with Gasteiger partial charge in [0.05, 0.1) is 24.8 Å². The van der Waals surface area contributed by atoms with Crippen LogP contribution >= 0.6 is 0 Å².